The molecule has 1 saturated heterocycles. The van der Waals surface area contributed by atoms with E-state index in [9.17, 15) is 19.2 Å². The molecule has 1 aromatic rings. The molecule has 1 aromatic carbocycles. The minimum Gasteiger partial charge on any atom is -0.490 e. The number of ether oxygens (including phenoxy) is 4. The number of benzene rings is 1. The molecule has 0 atom stereocenters. The summed E-state index contributed by atoms with van der Waals surface area (Å²) >= 11 is 4.10. The van der Waals surface area contributed by atoms with Crippen molar-refractivity contribution in [3.8, 4) is 11.5 Å². The van der Waals surface area contributed by atoms with Crippen LogP contribution in [0.5, 0.6) is 11.5 Å². The summed E-state index contributed by atoms with van der Waals surface area (Å²) in [4.78, 5) is 49.2. The number of nitrogens with zero attached hydrogens (tertiary/aromatic N) is 1. The van der Waals surface area contributed by atoms with E-state index < -0.39 is 29.6 Å². The molecule has 174 valence electrons. The van der Waals surface area contributed by atoms with Gasteiger partial charge in [-0.3, -0.25) is 19.3 Å². The Morgan fingerprint density at radius 2 is 1.91 bits per heavy atom. The van der Waals surface area contributed by atoms with Gasteiger partial charge >= 0.3 is 11.9 Å². The van der Waals surface area contributed by atoms with Crippen LogP contribution in [-0.2, 0) is 23.9 Å². The number of carbonyl (C=O) groups excluding carboxylic acids is 4. The summed E-state index contributed by atoms with van der Waals surface area (Å²) in [6, 6.07) is 3.27. The van der Waals surface area contributed by atoms with E-state index >= 15 is 0 Å². The molecule has 1 heterocycles. The zero-order chi connectivity index (χ0) is 23.8. The third-order valence-corrected chi connectivity index (χ3v) is 5.43. The van der Waals surface area contributed by atoms with Gasteiger partial charge in [-0.2, -0.15) is 0 Å². The largest absolute Gasteiger partial charge is 0.490 e. The molecule has 0 N–H and O–H groups in total. The molecule has 0 bridgehead atoms. The molecule has 0 saturated carbocycles. The molecule has 1 aliphatic rings. The Labute approximate surface area is 198 Å². The fraction of sp³-hybridized carbons (Fsp3) is 0.429. The van der Waals surface area contributed by atoms with Crippen LogP contribution in [0.15, 0.2) is 21.5 Å². The maximum atomic E-state index is 12.7. The maximum Gasteiger partial charge on any atom is 0.343 e. The summed E-state index contributed by atoms with van der Waals surface area (Å²) in [5.41, 5.74) is 0.554. The van der Waals surface area contributed by atoms with Gasteiger partial charge in [-0.1, -0.05) is 13.8 Å². The van der Waals surface area contributed by atoms with E-state index in [1.807, 2.05) is 13.8 Å². The first kappa shape index (κ1) is 25.7. The molecule has 11 heteroatoms. The van der Waals surface area contributed by atoms with Crippen LogP contribution in [0.4, 0.5) is 4.79 Å². The number of hydrogen-bond acceptors (Lipinski definition) is 9. The van der Waals surface area contributed by atoms with Crippen LogP contribution < -0.4 is 9.47 Å². The van der Waals surface area contributed by atoms with Crippen molar-refractivity contribution in [1.29, 1.82) is 0 Å². The summed E-state index contributed by atoms with van der Waals surface area (Å²) in [6.07, 6.45) is 1.52. The lowest BCUT2D eigenvalue weighted by Crippen LogP contribution is -2.34. The Balaban J connectivity index is 2.21. The summed E-state index contributed by atoms with van der Waals surface area (Å²) in [6.45, 7) is 5.35. The second-order valence-corrected chi connectivity index (χ2v) is 8.82. The molecule has 0 radical (unpaired) electrons. The van der Waals surface area contributed by atoms with Crippen LogP contribution >= 0.6 is 27.7 Å². The molecular formula is C21H24BrNO8S. The van der Waals surface area contributed by atoms with Gasteiger partial charge in [0.2, 0.25) is 0 Å². The van der Waals surface area contributed by atoms with Crippen LogP contribution in [0.3, 0.4) is 0 Å². The molecule has 0 unspecified atom stereocenters. The third kappa shape index (κ3) is 6.99. The van der Waals surface area contributed by atoms with E-state index in [1.54, 1.807) is 19.1 Å². The minimum absolute atomic E-state index is 0.145. The first-order chi connectivity index (χ1) is 15.2. The number of imide groups is 1. The second kappa shape index (κ2) is 11.9. The third-order valence-electron chi connectivity index (χ3n) is 3.93. The molecular weight excluding hydrogens is 506 g/mol. The molecule has 9 nitrogen and oxygen atoms in total. The van der Waals surface area contributed by atoms with Gasteiger partial charge in [0, 0.05) is 0 Å². The Kier molecular flexibility index (Phi) is 9.58. The van der Waals surface area contributed by atoms with Crippen molar-refractivity contribution in [2.24, 2.45) is 5.92 Å². The number of esters is 2. The monoisotopic (exact) mass is 529 g/mol. The van der Waals surface area contributed by atoms with Crippen molar-refractivity contribution >= 4 is 56.9 Å². The lowest BCUT2D eigenvalue weighted by molar-refractivity contribution is -0.147. The quantitative estimate of drug-likeness (QED) is 0.331. The van der Waals surface area contributed by atoms with Crippen molar-refractivity contribution in [2.75, 3.05) is 33.5 Å². The predicted molar refractivity (Wildman–Crippen MR) is 121 cm³/mol. The van der Waals surface area contributed by atoms with Crippen LogP contribution in [0.1, 0.15) is 26.3 Å². The smallest absolute Gasteiger partial charge is 0.343 e. The molecule has 0 spiro atoms. The number of hydrogen-bond donors (Lipinski definition) is 0. The van der Waals surface area contributed by atoms with Crippen molar-refractivity contribution < 1.29 is 38.1 Å². The minimum atomic E-state index is -0.643. The lowest BCUT2D eigenvalue weighted by atomic mass is 10.2. The lowest BCUT2D eigenvalue weighted by Gasteiger charge is -2.14. The van der Waals surface area contributed by atoms with E-state index in [4.69, 9.17) is 14.2 Å². The van der Waals surface area contributed by atoms with Crippen LogP contribution in [-0.4, -0.2) is 61.5 Å². The Hall–Kier alpha value is -2.53. The maximum absolute atomic E-state index is 12.7. The normalized spacial score (nSPS) is 14.8. The zero-order valence-electron chi connectivity index (χ0n) is 18.1. The number of thioether (sulfide) groups is 1. The molecule has 0 aliphatic carbocycles. The van der Waals surface area contributed by atoms with Crippen LogP contribution in [0, 0.1) is 5.92 Å². The average molecular weight is 530 g/mol. The van der Waals surface area contributed by atoms with E-state index in [0.717, 1.165) is 16.7 Å². The van der Waals surface area contributed by atoms with E-state index in [1.165, 1.54) is 13.2 Å². The number of halogens is 1. The van der Waals surface area contributed by atoms with Gasteiger partial charge in [-0.25, -0.2) is 4.79 Å². The number of rotatable bonds is 10. The summed E-state index contributed by atoms with van der Waals surface area (Å²) in [7, 11) is 1.25. The highest BCUT2D eigenvalue weighted by atomic mass is 79.9. The molecule has 1 fully saturated rings. The SMILES string of the molecule is CCOc1cc(/C=C2\SC(=O)N(CC(=O)OCC(C)C)C2=O)cc(Br)c1OCC(=O)OC. The van der Waals surface area contributed by atoms with Gasteiger partial charge in [0.15, 0.2) is 18.1 Å². The van der Waals surface area contributed by atoms with Crippen LogP contribution in [0.2, 0.25) is 0 Å². The zero-order valence-corrected chi connectivity index (χ0v) is 20.5. The van der Waals surface area contributed by atoms with Crippen molar-refractivity contribution in [3.05, 3.63) is 27.1 Å². The average Bonchev–Trinajstić information content (AvgIpc) is 2.99. The van der Waals surface area contributed by atoms with Gasteiger partial charge in [0.1, 0.15) is 6.54 Å². The summed E-state index contributed by atoms with van der Waals surface area (Å²) in [5, 5.41) is -0.551. The second-order valence-electron chi connectivity index (χ2n) is 6.97. The number of amides is 2. The first-order valence-corrected chi connectivity index (χ1v) is 11.3. The highest BCUT2D eigenvalue weighted by molar-refractivity contribution is 9.10. The molecule has 0 aromatic heterocycles. The van der Waals surface area contributed by atoms with Gasteiger partial charge in [0.25, 0.3) is 11.1 Å². The standard InChI is InChI=1S/C21H24BrNO8S/c1-5-29-15-7-13(6-14(22)19(15)31-11-18(25)28-4)8-16-20(26)23(21(27)32-16)9-17(24)30-10-12(2)3/h6-8,12H,5,9-11H2,1-4H3/b16-8-. The fourth-order valence-corrected chi connectivity index (χ4v) is 3.90. The van der Waals surface area contributed by atoms with Gasteiger partial charge < -0.3 is 18.9 Å². The Morgan fingerprint density at radius 1 is 1.19 bits per heavy atom. The van der Waals surface area contributed by atoms with Crippen LogP contribution in [0.25, 0.3) is 6.08 Å². The first-order valence-electron chi connectivity index (χ1n) is 9.73. The van der Waals surface area contributed by atoms with Crippen molar-refractivity contribution in [2.45, 2.75) is 20.8 Å². The fourth-order valence-electron chi connectivity index (χ4n) is 2.49. The van der Waals surface area contributed by atoms with Gasteiger partial charge in [-0.05, 0) is 64.3 Å². The molecule has 2 rings (SSSR count). The number of methoxy groups -OCH3 is 1. The molecule has 2 amide bonds. The van der Waals surface area contributed by atoms with E-state index in [-0.39, 0.29) is 24.0 Å². The molecule has 32 heavy (non-hydrogen) atoms. The number of carbonyl (C=O) groups is 4. The Morgan fingerprint density at radius 3 is 2.53 bits per heavy atom. The topological polar surface area (TPSA) is 108 Å². The molecule has 1 aliphatic heterocycles. The van der Waals surface area contributed by atoms with Gasteiger partial charge in [0.05, 0.1) is 29.7 Å². The highest BCUT2D eigenvalue weighted by Crippen LogP contribution is 2.39. The van der Waals surface area contributed by atoms with Crippen molar-refractivity contribution in [1.82, 2.24) is 4.90 Å². The predicted octanol–water partition coefficient (Wildman–Crippen LogP) is 3.64. The Bertz CT molecular complexity index is 931. The van der Waals surface area contributed by atoms with Crippen molar-refractivity contribution in [3.63, 3.8) is 0 Å². The summed E-state index contributed by atoms with van der Waals surface area (Å²) in [5.74, 6) is -0.989. The van der Waals surface area contributed by atoms with Gasteiger partial charge in [-0.15, -0.1) is 0 Å². The summed E-state index contributed by atoms with van der Waals surface area (Å²) < 4.78 is 21.2. The van der Waals surface area contributed by atoms with E-state index in [2.05, 4.69) is 20.7 Å². The highest BCUT2D eigenvalue weighted by Gasteiger charge is 2.36. The van der Waals surface area contributed by atoms with E-state index in [0.29, 0.717) is 28.1 Å².